The first-order valence-electron chi connectivity index (χ1n) is 8.77. The van der Waals surface area contributed by atoms with Crippen molar-refractivity contribution >= 4 is 29.5 Å². The fraction of sp³-hybridized carbons (Fsp3) is 0.143. The number of hydrogen-bond acceptors (Lipinski definition) is 6. The number of para-hydroxylation sites is 1. The molecule has 0 unspecified atom stereocenters. The molecule has 1 aliphatic rings. The number of anilines is 1. The molecule has 0 atom stereocenters. The largest absolute Gasteiger partial charge is 0.493 e. The number of hydrogen-bond donors (Lipinski definition) is 3. The molecule has 28 heavy (non-hydrogen) atoms. The van der Waals surface area contributed by atoms with Crippen molar-refractivity contribution in [2.45, 2.75) is 6.54 Å². The van der Waals surface area contributed by atoms with Gasteiger partial charge in [-0.25, -0.2) is 0 Å². The van der Waals surface area contributed by atoms with Crippen molar-refractivity contribution in [1.29, 1.82) is 0 Å². The number of aromatic hydroxyl groups is 1. The third kappa shape index (κ3) is 3.42. The molecule has 0 amide bonds. The van der Waals surface area contributed by atoms with Gasteiger partial charge in [-0.1, -0.05) is 24.3 Å². The average molecular weight is 376 g/mol. The molecule has 0 fully saturated rings. The number of aliphatic imine (C=N–C) groups is 1. The van der Waals surface area contributed by atoms with Gasteiger partial charge in [0.15, 0.2) is 11.5 Å². The quantitative estimate of drug-likeness (QED) is 0.605. The van der Waals surface area contributed by atoms with E-state index in [1.165, 1.54) is 0 Å². The fourth-order valence-electron chi connectivity index (χ4n) is 3.05. The highest BCUT2D eigenvalue weighted by molar-refractivity contribution is 6.21. The zero-order chi connectivity index (χ0) is 19.5. The van der Waals surface area contributed by atoms with E-state index in [0.29, 0.717) is 29.7 Å². The van der Waals surface area contributed by atoms with E-state index >= 15 is 0 Å². The number of aromatic nitrogens is 2. The second-order valence-electron chi connectivity index (χ2n) is 6.24. The summed E-state index contributed by atoms with van der Waals surface area (Å²) in [7, 11) is 3.20. The minimum Gasteiger partial charge on any atom is -0.493 e. The normalized spacial score (nSPS) is 13.6. The number of imidazole rings is 1. The third-order valence-corrected chi connectivity index (χ3v) is 4.48. The second kappa shape index (κ2) is 7.48. The minimum atomic E-state index is -0.0694. The average Bonchev–Trinajstić information content (AvgIpc) is 3.30. The second-order valence-corrected chi connectivity index (χ2v) is 6.24. The van der Waals surface area contributed by atoms with Crippen LogP contribution in [0.2, 0.25) is 0 Å². The number of aromatic amines is 1. The van der Waals surface area contributed by atoms with Gasteiger partial charge < -0.3 is 24.9 Å². The maximum absolute atomic E-state index is 10.2. The molecule has 0 saturated carbocycles. The Balaban J connectivity index is 1.50. The van der Waals surface area contributed by atoms with Crippen molar-refractivity contribution in [3.05, 3.63) is 59.3 Å². The molecular formula is C21H20N4O3. The van der Waals surface area contributed by atoms with Crippen molar-refractivity contribution in [2.24, 2.45) is 4.99 Å². The molecule has 1 aromatic heterocycles. The van der Waals surface area contributed by atoms with E-state index in [9.17, 15) is 5.11 Å². The molecule has 0 aliphatic carbocycles. The van der Waals surface area contributed by atoms with Crippen LogP contribution in [0.4, 0.5) is 11.6 Å². The zero-order valence-corrected chi connectivity index (χ0v) is 15.6. The SMILES string of the molecule is COc1ccc(CNc2nc(O)c(/C=C3\C=Nc4ccccc43)[nH]2)cc1OC. The zero-order valence-electron chi connectivity index (χ0n) is 15.6. The van der Waals surface area contributed by atoms with Gasteiger partial charge in [0.2, 0.25) is 11.8 Å². The number of rotatable bonds is 6. The van der Waals surface area contributed by atoms with Gasteiger partial charge in [-0.3, -0.25) is 4.99 Å². The van der Waals surface area contributed by atoms with Crippen LogP contribution in [0.5, 0.6) is 17.4 Å². The highest BCUT2D eigenvalue weighted by Crippen LogP contribution is 2.33. The Morgan fingerprint density at radius 3 is 2.75 bits per heavy atom. The van der Waals surface area contributed by atoms with E-state index < -0.39 is 0 Å². The Morgan fingerprint density at radius 2 is 1.93 bits per heavy atom. The lowest BCUT2D eigenvalue weighted by molar-refractivity contribution is 0.354. The lowest BCUT2D eigenvalue weighted by atomic mass is 10.1. The van der Waals surface area contributed by atoms with Crippen molar-refractivity contribution in [3.8, 4) is 17.4 Å². The number of nitrogens with one attached hydrogen (secondary N) is 2. The molecule has 3 N–H and O–H groups in total. The van der Waals surface area contributed by atoms with Gasteiger partial charge in [0.25, 0.3) is 0 Å². The molecule has 2 heterocycles. The van der Waals surface area contributed by atoms with Gasteiger partial charge >= 0.3 is 0 Å². The summed E-state index contributed by atoms with van der Waals surface area (Å²) in [5.41, 5.74) is 4.37. The van der Waals surface area contributed by atoms with Crippen molar-refractivity contribution in [3.63, 3.8) is 0 Å². The highest BCUT2D eigenvalue weighted by atomic mass is 16.5. The van der Waals surface area contributed by atoms with Crippen LogP contribution < -0.4 is 14.8 Å². The number of methoxy groups -OCH3 is 2. The van der Waals surface area contributed by atoms with E-state index in [-0.39, 0.29) is 5.88 Å². The monoisotopic (exact) mass is 376 g/mol. The Bertz CT molecular complexity index is 1070. The standard InChI is InChI=1S/C21H20N4O3/c1-27-18-8-7-13(9-19(18)28-2)11-23-21-24-17(20(26)25-21)10-14-12-22-16-6-4-3-5-15(14)16/h3-10,12,26H,11H2,1-2H3,(H2,23,24,25)/b14-10+. The molecule has 142 valence electrons. The third-order valence-electron chi connectivity index (χ3n) is 4.48. The van der Waals surface area contributed by atoms with Crippen molar-refractivity contribution in [1.82, 2.24) is 9.97 Å². The molecule has 2 aromatic carbocycles. The molecule has 0 saturated heterocycles. The first-order valence-corrected chi connectivity index (χ1v) is 8.77. The molecule has 0 bridgehead atoms. The van der Waals surface area contributed by atoms with Gasteiger partial charge in [0.1, 0.15) is 5.69 Å². The van der Waals surface area contributed by atoms with Crippen LogP contribution in [0.3, 0.4) is 0 Å². The highest BCUT2D eigenvalue weighted by Gasteiger charge is 2.14. The van der Waals surface area contributed by atoms with E-state index in [1.54, 1.807) is 20.4 Å². The topological polar surface area (TPSA) is 91.8 Å². The molecule has 4 rings (SSSR count). The van der Waals surface area contributed by atoms with E-state index in [1.807, 2.05) is 48.5 Å². The van der Waals surface area contributed by atoms with Crippen LogP contribution in [0.25, 0.3) is 11.6 Å². The summed E-state index contributed by atoms with van der Waals surface area (Å²) in [4.78, 5) is 11.6. The Kier molecular flexibility index (Phi) is 4.72. The summed E-state index contributed by atoms with van der Waals surface area (Å²) in [6.07, 6.45) is 3.61. The Hall–Kier alpha value is -3.74. The summed E-state index contributed by atoms with van der Waals surface area (Å²) in [5, 5.41) is 13.3. The Labute approximate surface area is 162 Å². The number of fused-ring (bicyclic) bond motifs is 1. The van der Waals surface area contributed by atoms with Crippen molar-refractivity contribution < 1.29 is 14.6 Å². The van der Waals surface area contributed by atoms with Gasteiger partial charge in [-0.05, 0) is 29.8 Å². The first-order chi connectivity index (χ1) is 13.7. The van der Waals surface area contributed by atoms with Crippen LogP contribution in [0, 0.1) is 0 Å². The predicted molar refractivity (Wildman–Crippen MR) is 110 cm³/mol. The number of benzene rings is 2. The lowest BCUT2D eigenvalue weighted by Crippen LogP contribution is -2.01. The predicted octanol–water partition coefficient (Wildman–Crippen LogP) is 4.00. The van der Waals surface area contributed by atoms with Gasteiger partial charge in [0, 0.05) is 23.9 Å². The van der Waals surface area contributed by atoms with Gasteiger partial charge in [-0.2, -0.15) is 4.98 Å². The summed E-state index contributed by atoms with van der Waals surface area (Å²) in [6, 6.07) is 13.5. The Morgan fingerprint density at radius 1 is 1.11 bits per heavy atom. The molecule has 3 aromatic rings. The van der Waals surface area contributed by atoms with Gasteiger partial charge in [0.05, 0.1) is 19.9 Å². The van der Waals surface area contributed by atoms with Crippen LogP contribution in [-0.4, -0.2) is 35.5 Å². The molecular weight excluding hydrogens is 356 g/mol. The van der Waals surface area contributed by atoms with Crippen LogP contribution >= 0.6 is 0 Å². The smallest absolute Gasteiger partial charge is 0.238 e. The molecule has 7 heteroatoms. The van der Waals surface area contributed by atoms with Crippen LogP contribution in [0.1, 0.15) is 16.8 Å². The molecule has 0 radical (unpaired) electrons. The maximum Gasteiger partial charge on any atom is 0.238 e. The van der Waals surface area contributed by atoms with Crippen LogP contribution in [0.15, 0.2) is 47.5 Å². The van der Waals surface area contributed by atoms with E-state index in [4.69, 9.17) is 9.47 Å². The summed E-state index contributed by atoms with van der Waals surface area (Å²) < 4.78 is 10.6. The van der Waals surface area contributed by atoms with E-state index in [0.717, 1.165) is 22.4 Å². The summed E-state index contributed by atoms with van der Waals surface area (Å²) >= 11 is 0. The fourth-order valence-corrected chi connectivity index (χ4v) is 3.05. The molecule has 7 nitrogen and oxygen atoms in total. The summed E-state index contributed by atoms with van der Waals surface area (Å²) in [6.45, 7) is 0.508. The van der Waals surface area contributed by atoms with Crippen LogP contribution in [-0.2, 0) is 6.54 Å². The number of H-pyrrole nitrogens is 1. The lowest BCUT2D eigenvalue weighted by Gasteiger charge is -2.09. The minimum absolute atomic E-state index is 0.0694. The van der Waals surface area contributed by atoms with E-state index in [2.05, 4.69) is 20.3 Å². The van der Waals surface area contributed by atoms with Crippen molar-refractivity contribution in [2.75, 3.05) is 19.5 Å². The molecule has 0 spiro atoms. The summed E-state index contributed by atoms with van der Waals surface area (Å²) in [5.74, 6) is 1.74. The maximum atomic E-state index is 10.2. The number of ether oxygens (including phenoxy) is 2. The number of nitrogens with zero attached hydrogens (tertiary/aromatic N) is 2. The molecule has 1 aliphatic heterocycles. The van der Waals surface area contributed by atoms with Gasteiger partial charge in [-0.15, -0.1) is 0 Å². The number of allylic oxidation sites excluding steroid dienone is 1. The first kappa shape index (κ1) is 17.7.